The number of carbonyl (C=O) groups excluding carboxylic acids is 10. The molecular weight excluding hydrogens is 1010 g/mol. The third-order valence-electron chi connectivity index (χ3n) is 10.0. The van der Waals surface area contributed by atoms with Crippen molar-refractivity contribution in [3.05, 3.63) is 29.8 Å². The van der Waals surface area contributed by atoms with E-state index in [-0.39, 0.29) is 89.9 Å². The number of aldehydes is 2. The van der Waals surface area contributed by atoms with E-state index in [2.05, 4.69) is 26.6 Å². The molecule has 1 aliphatic rings. The Hall–Kier alpha value is -5.49. The number of rotatable bonds is 49. The van der Waals surface area contributed by atoms with E-state index in [9.17, 15) is 47.9 Å². The Balaban J connectivity index is 1.77. The van der Waals surface area contributed by atoms with Crippen molar-refractivity contribution < 1.29 is 90.6 Å². The molecule has 26 nitrogen and oxygen atoms in total. The van der Waals surface area contributed by atoms with E-state index in [0.717, 1.165) is 34.8 Å². The fourth-order valence-corrected chi connectivity index (χ4v) is 7.42. The summed E-state index contributed by atoms with van der Waals surface area (Å²) in [4.78, 5) is 122. The van der Waals surface area contributed by atoms with Crippen molar-refractivity contribution in [2.45, 2.75) is 56.2 Å². The highest BCUT2D eigenvalue weighted by molar-refractivity contribution is 8.00. The molecule has 7 N–H and O–H groups in total. The van der Waals surface area contributed by atoms with Crippen molar-refractivity contribution in [2.75, 3.05) is 156 Å². The van der Waals surface area contributed by atoms with E-state index < -0.39 is 65.9 Å². The van der Waals surface area contributed by atoms with Crippen LogP contribution in [-0.4, -0.2) is 227 Å². The van der Waals surface area contributed by atoms with Crippen LogP contribution in [0.1, 0.15) is 44.1 Å². The standard InChI is InChI=1S/C48H75N7O19S/c49-41(58)9-11-50-42(59)8-5-37-3-6-38(7-4-37)53-44(61)34-74-35-45(62)54-39(47(64)52-13-20-69-24-28-73-32-30-71-26-22-67-18-2-16-57)36-75-40-33-46(63)55(48(40)65)14-10-43(60)51-12-19-68-23-27-72-31-29-70-25-21-66-17-1-15-56/h3-4,6-7,15-16,39-40H,1-2,5,8-14,17-36H2,(H2,49,58)(H,50,59)(H,51,60)(H,52,64)(H,53,61)(H,54,62)/t39-,40?/m0/s1. The summed E-state index contributed by atoms with van der Waals surface area (Å²) in [6.45, 7) is 4.20. The molecule has 0 radical (unpaired) electrons. The molecule has 0 aromatic heterocycles. The maximum absolute atomic E-state index is 13.4. The number of thioether (sulfide) groups is 1. The zero-order valence-electron chi connectivity index (χ0n) is 42.5. The van der Waals surface area contributed by atoms with Crippen molar-refractivity contribution in [2.24, 2.45) is 5.73 Å². The molecule has 1 aromatic carbocycles. The summed E-state index contributed by atoms with van der Waals surface area (Å²) in [5.41, 5.74) is 6.35. The Morgan fingerprint density at radius 3 is 1.60 bits per heavy atom. The number of nitrogens with one attached hydrogen (secondary N) is 5. The molecule has 1 fully saturated rings. The molecule has 0 saturated carbocycles. The largest absolute Gasteiger partial charge is 0.379 e. The maximum atomic E-state index is 13.4. The Bertz CT molecular complexity index is 1850. The van der Waals surface area contributed by atoms with Gasteiger partial charge in [0, 0.05) is 76.1 Å². The number of nitrogens with zero attached hydrogens (tertiary/aromatic N) is 1. The predicted molar refractivity (Wildman–Crippen MR) is 269 cm³/mol. The van der Waals surface area contributed by atoms with Crippen LogP contribution < -0.4 is 32.3 Å². The highest BCUT2D eigenvalue weighted by Gasteiger charge is 2.39. The van der Waals surface area contributed by atoms with Crippen molar-refractivity contribution in [3.8, 4) is 0 Å². The normalized spacial score (nSPS) is 13.5. The molecule has 1 heterocycles. The second kappa shape index (κ2) is 43.7. The summed E-state index contributed by atoms with van der Waals surface area (Å²) >= 11 is 0.994. The van der Waals surface area contributed by atoms with Gasteiger partial charge in [-0.2, -0.15) is 0 Å². The first kappa shape index (κ1) is 65.6. The Morgan fingerprint density at radius 2 is 1.07 bits per heavy atom. The topological polar surface area (TPSA) is 343 Å². The SMILES string of the molecule is NC(=O)CCNC(=O)CCc1ccc(NC(=O)COCC(=O)N[C@@H](CSC2CC(=O)N(CCC(=O)NCCOCCOCCOCCOCCC=O)C2=O)C(=O)NCCOCCOCCOCCOCCC=O)cc1. The smallest absolute Gasteiger partial charge is 0.250 e. The van der Waals surface area contributed by atoms with Gasteiger partial charge >= 0.3 is 0 Å². The summed E-state index contributed by atoms with van der Waals surface area (Å²) in [5, 5.41) is 12.3. The van der Waals surface area contributed by atoms with Crippen LogP contribution in [0, 0.1) is 0 Å². The first-order valence-electron chi connectivity index (χ1n) is 24.7. The van der Waals surface area contributed by atoms with Crippen LogP contribution >= 0.6 is 11.8 Å². The average molecular weight is 1090 g/mol. The van der Waals surface area contributed by atoms with Gasteiger partial charge in [-0.25, -0.2) is 0 Å². The molecule has 8 amide bonds. The van der Waals surface area contributed by atoms with Gasteiger partial charge in [-0.3, -0.25) is 43.3 Å². The molecule has 0 aliphatic carbocycles. The number of likely N-dealkylation sites (tertiary alicyclic amines) is 1. The van der Waals surface area contributed by atoms with Gasteiger partial charge in [0.2, 0.25) is 47.3 Å². The second-order valence-electron chi connectivity index (χ2n) is 16.0. The minimum atomic E-state index is -1.19. The van der Waals surface area contributed by atoms with Crippen molar-refractivity contribution in [1.29, 1.82) is 0 Å². The minimum Gasteiger partial charge on any atom is -0.379 e. The van der Waals surface area contributed by atoms with E-state index >= 15 is 0 Å². The van der Waals surface area contributed by atoms with E-state index in [1.54, 1.807) is 24.3 Å². The number of anilines is 1. The van der Waals surface area contributed by atoms with Gasteiger partial charge in [0.1, 0.15) is 31.8 Å². The minimum absolute atomic E-state index is 0.0463. The molecule has 75 heavy (non-hydrogen) atoms. The zero-order valence-corrected chi connectivity index (χ0v) is 43.3. The lowest BCUT2D eigenvalue weighted by atomic mass is 10.1. The summed E-state index contributed by atoms with van der Waals surface area (Å²) in [6, 6.07) is 5.55. The number of benzene rings is 1. The highest BCUT2D eigenvalue weighted by atomic mass is 32.2. The zero-order chi connectivity index (χ0) is 54.6. The van der Waals surface area contributed by atoms with Gasteiger partial charge in [0.25, 0.3) is 0 Å². The Morgan fingerprint density at radius 1 is 0.587 bits per heavy atom. The summed E-state index contributed by atoms with van der Waals surface area (Å²) in [5.74, 6) is -4.18. The molecule has 2 rings (SSSR count). The van der Waals surface area contributed by atoms with Crippen LogP contribution in [0.4, 0.5) is 5.69 Å². The first-order chi connectivity index (χ1) is 36.4. The summed E-state index contributed by atoms with van der Waals surface area (Å²) < 4.78 is 48.3. The molecule has 1 aliphatic heterocycles. The number of aryl methyl sites for hydroxylation is 1. The van der Waals surface area contributed by atoms with Crippen molar-refractivity contribution >= 4 is 77.3 Å². The van der Waals surface area contributed by atoms with Crippen LogP contribution in [0.15, 0.2) is 24.3 Å². The van der Waals surface area contributed by atoms with Crippen molar-refractivity contribution in [3.63, 3.8) is 0 Å². The maximum Gasteiger partial charge on any atom is 0.250 e. The monoisotopic (exact) mass is 1090 g/mol. The molecule has 1 saturated heterocycles. The van der Waals surface area contributed by atoms with Crippen LogP contribution in [0.25, 0.3) is 0 Å². The van der Waals surface area contributed by atoms with Crippen LogP contribution in [0.3, 0.4) is 0 Å². The highest BCUT2D eigenvalue weighted by Crippen LogP contribution is 2.26. The number of amides is 8. The van der Waals surface area contributed by atoms with E-state index in [1.165, 1.54) is 0 Å². The van der Waals surface area contributed by atoms with Gasteiger partial charge in [-0.1, -0.05) is 12.1 Å². The molecule has 27 heteroatoms. The van der Waals surface area contributed by atoms with E-state index in [1.807, 2.05) is 0 Å². The third-order valence-corrected chi connectivity index (χ3v) is 11.3. The summed E-state index contributed by atoms with van der Waals surface area (Å²) in [7, 11) is 0. The van der Waals surface area contributed by atoms with Gasteiger partial charge < -0.3 is 84.5 Å². The van der Waals surface area contributed by atoms with Gasteiger partial charge in [-0.15, -0.1) is 11.8 Å². The Labute approximate surface area is 440 Å². The number of imide groups is 1. The van der Waals surface area contributed by atoms with Crippen LogP contribution in [0.5, 0.6) is 0 Å². The predicted octanol–water partition coefficient (Wildman–Crippen LogP) is -2.16. The number of hydrogen-bond acceptors (Lipinski definition) is 20. The van der Waals surface area contributed by atoms with Crippen LogP contribution in [-0.2, 0) is 97.0 Å². The average Bonchev–Trinajstić information content (AvgIpc) is 3.66. The van der Waals surface area contributed by atoms with Crippen molar-refractivity contribution in [1.82, 2.24) is 26.2 Å². The lowest BCUT2D eigenvalue weighted by Gasteiger charge is -2.20. The molecule has 1 unspecified atom stereocenters. The molecule has 0 spiro atoms. The summed E-state index contributed by atoms with van der Waals surface area (Å²) in [6.07, 6.45) is 2.58. The number of ether oxygens (including phenoxy) is 9. The number of primary amides is 1. The number of carbonyl (C=O) groups is 10. The van der Waals surface area contributed by atoms with E-state index in [0.29, 0.717) is 104 Å². The van der Waals surface area contributed by atoms with Gasteiger partial charge in [0.15, 0.2) is 0 Å². The molecule has 422 valence electrons. The molecule has 0 bridgehead atoms. The Kier molecular flexibility index (Phi) is 38.3. The van der Waals surface area contributed by atoms with Crippen LogP contribution in [0.2, 0.25) is 0 Å². The fraction of sp³-hybridized carbons (Fsp3) is 0.667. The second-order valence-corrected chi connectivity index (χ2v) is 17.3. The lowest BCUT2D eigenvalue weighted by Crippen LogP contribution is -2.50. The third kappa shape index (κ3) is 34.7. The molecule has 1 aromatic rings. The molecule has 2 atom stereocenters. The van der Waals surface area contributed by atoms with Gasteiger partial charge in [0.05, 0.1) is 111 Å². The quantitative estimate of drug-likeness (QED) is 0.0230. The number of nitrogens with two attached hydrogens (primary N) is 1. The fourth-order valence-electron chi connectivity index (χ4n) is 6.23. The first-order valence-corrected chi connectivity index (χ1v) is 25.8. The lowest BCUT2D eigenvalue weighted by molar-refractivity contribution is -0.139. The number of hydrogen-bond donors (Lipinski definition) is 6. The van der Waals surface area contributed by atoms with Gasteiger partial charge in [-0.05, 0) is 24.1 Å². The van der Waals surface area contributed by atoms with E-state index in [4.69, 9.17) is 48.4 Å². The molecular formula is C48H75N7O19S.